The van der Waals surface area contributed by atoms with Crippen molar-refractivity contribution in [1.29, 1.82) is 0 Å². The van der Waals surface area contributed by atoms with Crippen molar-refractivity contribution in [2.24, 2.45) is 0 Å². The smallest absolute Gasteiger partial charge is 0.258 e. The molecule has 4 rings (SSSR count). The van der Waals surface area contributed by atoms with Gasteiger partial charge in [0, 0.05) is 29.6 Å². The summed E-state index contributed by atoms with van der Waals surface area (Å²) in [5, 5.41) is 0. The van der Waals surface area contributed by atoms with Gasteiger partial charge in [-0.05, 0) is 68.3 Å². The summed E-state index contributed by atoms with van der Waals surface area (Å²) < 4.78 is 27.6. The molecular formula is C22H26N2O3S2. The Labute approximate surface area is 177 Å². The zero-order chi connectivity index (χ0) is 20.4. The molecule has 2 aliphatic heterocycles. The number of amides is 1. The molecule has 0 aliphatic carbocycles. The van der Waals surface area contributed by atoms with Crippen LogP contribution in [0.3, 0.4) is 0 Å². The van der Waals surface area contributed by atoms with Crippen LogP contribution in [0.5, 0.6) is 0 Å². The highest BCUT2D eigenvalue weighted by atomic mass is 32.2. The van der Waals surface area contributed by atoms with Gasteiger partial charge in [-0.2, -0.15) is 4.31 Å². The van der Waals surface area contributed by atoms with Gasteiger partial charge in [-0.1, -0.05) is 18.6 Å². The number of hydrogen-bond donors (Lipinski definition) is 0. The molecule has 1 saturated heterocycles. The van der Waals surface area contributed by atoms with Gasteiger partial charge in [0.05, 0.1) is 10.6 Å². The molecule has 0 radical (unpaired) electrons. The average Bonchev–Trinajstić information content (AvgIpc) is 2.96. The first-order valence-electron chi connectivity index (χ1n) is 10.1. The van der Waals surface area contributed by atoms with E-state index in [1.165, 1.54) is 0 Å². The minimum atomic E-state index is -3.53. The summed E-state index contributed by atoms with van der Waals surface area (Å²) in [4.78, 5) is 16.4. The molecule has 0 aromatic heterocycles. The van der Waals surface area contributed by atoms with Gasteiger partial charge in [0.15, 0.2) is 0 Å². The Kier molecular flexibility index (Phi) is 5.99. The van der Waals surface area contributed by atoms with Crippen molar-refractivity contribution in [2.75, 3.05) is 23.7 Å². The lowest BCUT2D eigenvalue weighted by Gasteiger charge is -2.32. The van der Waals surface area contributed by atoms with Crippen LogP contribution in [0.1, 0.15) is 43.0 Å². The summed E-state index contributed by atoms with van der Waals surface area (Å²) in [5.41, 5.74) is 1.44. The molecule has 1 amide bonds. The highest BCUT2D eigenvalue weighted by Crippen LogP contribution is 2.34. The maximum absolute atomic E-state index is 13.2. The van der Waals surface area contributed by atoms with Crippen LogP contribution in [0, 0.1) is 0 Å². The molecule has 0 spiro atoms. The molecule has 2 aliphatic rings. The van der Waals surface area contributed by atoms with Crippen molar-refractivity contribution in [2.45, 2.75) is 48.4 Å². The van der Waals surface area contributed by atoms with E-state index in [0.717, 1.165) is 42.0 Å². The Balaban J connectivity index is 1.59. The third-order valence-electron chi connectivity index (χ3n) is 5.63. The van der Waals surface area contributed by atoms with Crippen molar-refractivity contribution >= 4 is 33.4 Å². The third kappa shape index (κ3) is 4.09. The predicted octanol–water partition coefficient (Wildman–Crippen LogP) is 4.39. The number of fused-ring (bicyclic) bond motifs is 1. The Bertz CT molecular complexity index is 989. The SMILES string of the molecule is C[C@H]1CCCCN1S(=O)(=O)c1ccc(C(=O)N2CCCSc3ccccc32)cc1. The molecule has 5 nitrogen and oxygen atoms in total. The van der Waals surface area contributed by atoms with E-state index in [2.05, 4.69) is 0 Å². The first-order chi connectivity index (χ1) is 14.0. The fraction of sp³-hybridized carbons (Fsp3) is 0.409. The van der Waals surface area contributed by atoms with Gasteiger partial charge in [0.1, 0.15) is 0 Å². The van der Waals surface area contributed by atoms with Crippen LogP contribution in [0.15, 0.2) is 58.3 Å². The van der Waals surface area contributed by atoms with Gasteiger partial charge >= 0.3 is 0 Å². The third-order valence-corrected chi connectivity index (χ3v) is 8.81. The number of sulfonamides is 1. The molecule has 0 unspecified atom stereocenters. The topological polar surface area (TPSA) is 57.7 Å². The molecule has 0 bridgehead atoms. The van der Waals surface area contributed by atoms with Crippen LogP contribution in [0.4, 0.5) is 5.69 Å². The summed E-state index contributed by atoms with van der Waals surface area (Å²) in [6.45, 7) is 3.18. The fourth-order valence-corrected chi connectivity index (χ4v) is 6.72. The van der Waals surface area contributed by atoms with Gasteiger partial charge in [-0.3, -0.25) is 4.79 Å². The van der Waals surface area contributed by atoms with Crippen LogP contribution < -0.4 is 4.90 Å². The fourth-order valence-electron chi connectivity index (χ4n) is 4.03. The van der Waals surface area contributed by atoms with Gasteiger partial charge < -0.3 is 4.90 Å². The lowest BCUT2D eigenvalue weighted by molar-refractivity contribution is 0.0986. The second-order valence-corrected chi connectivity index (χ2v) is 10.6. The Hall–Kier alpha value is -1.83. The monoisotopic (exact) mass is 430 g/mol. The number of para-hydroxylation sites is 1. The number of anilines is 1. The number of benzene rings is 2. The second-order valence-electron chi connectivity index (χ2n) is 7.61. The lowest BCUT2D eigenvalue weighted by atomic mass is 10.1. The van der Waals surface area contributed by atoms with Crippen LogP contribution in [0.2, 0.25) is 0 Å². The predicted molar refractivity (Wildman–Crippen MR) is 117 cm³/mol. The van der Waals surface area contributed by atoms with Gasteiger partial charge in [-0.25, -0.2) is 8.42 Å². The van der Waals surface area contributed by atoms with E-state index >= 15 is 0 Å². The standard InChI is InChI=1S/C22H26N2O3S2/c1-17-7-4-5-15-24(17)29(26,27)19-12-10-18(11-13-19)22(25)23-14-6-16-28-21-9-3-2-8-20(21)23/h2-3,8-13,17H,4-7,14-16H2,1H3/t17-/m0/s1. The number of nitrogens with zero attached hydrogens (tertiary/aromatic N) is 2. The number of hydrogen-bond acceptors (Lipinski definition) is 4. The summed E-state index contributed by atoms with van der Waals surface area (Å²) in [6, 6.07) is 14.4. The minimum Gasteiger partial charge on any atom is -0.307 e. The van der Waals surface area contributed by atoms with E-state index in [1.807, 2.05) is 36.1 Å². The summed E-state index contributed by atoms with van der Waals surface area (Å²) in [7, 11) is -3.53. The van der Waals surface area contributed by atoms with Crippen LogP contribution >= 0.6 is 11.8 Å². The van der Waals surface area contributed by atoms with E-state index in [4.69, 9.17) is 0 Å². The zero-order valence-corrected chi connectivity index (χ0v) is 18.2. The first kappa shape index (κ1) is 20.4. The van der Waals surface area contributed by atoms with E-state index < -0.39 is 10.0 Å². The highest BCUT2D eigenvalue weighted by molar-refractivity contribution is 7.99. The maximum Gasteiger partial charge on any atom is 0.258 e. The Morgan fingerprint density at radius 2 is 1.76 bits per heavy atom. The van der Waals surface area contributed by atoms with Gasteiger partial charge in [-0.15, -0.1) is 11.8 Å². The molecule has 0 N–H and O–H groups in total. The second kappa shape index (κ2) is 8.50. The van der Waals surface area contributed by atoms with E-state index in [9.17, 15) is 13.2 Å². The molecule has 1 atom stereocenters. The Morgan fingerprint density at radius 1 is 1.00 bits per heavy atom. The molecule has 1 fully saturated rings. The largest absolute Gasteiger partial charge is 0.307 e. The van der Waals surface area contributed by atoms with E-state index in [1.54, 1.807) is 40.3 Å². The average molecular weight is 431 g/mol. The first-order valence-corrected chi connectivity index (χ1v) is 12.6. The van der Waals surface area contributed by atoms with Crippen molar-refractivity contribution < 1.29 is 13.2 Å². The van der Waals surface area contributed by atoms with Crippen molar-refractivity contribution in [1.82, 2.24) is 4.31 Å². The molecular weight excluding hydrogens is 404 g/mol. The molecule has 2 aromatic carbocycles. The zero-order valence-electron chi connectivity index (χ0n) is 16.6. The van der Waals surface area contributed by atoms with Gasteiger partial charge in [0.25, 0.3) is 5.91 Å². The quantitative estimate of drug-likeness (QED) is 0.725. The maximum atomic E-state index is 13.2. The highest BCUT2D eigenvalue weighted by Gasteiger charge is 2.31. The Morgan fingerprint density at radius 3 is 2.52 bits per heavy atom. The summed E-state index contributed by atoms with van der Waals surface area (Å²) in [6.07, 6.45) is 3.77. The van der Waals surface area contributed by atoms with Gasteiger partial charge in [0.2, 0.25) is 10.0 Å². The minimum absolute atomic E-state index is 0.0150. The van der Waals surface area contributed by atoms with E-state index in [-0.39, 0.29) is 16.8 Å². The van der Waals surface area contributed by atoms with Crippen LogP contribution in [-0.4, -0.2) is 43.5 Å². The van der Waals surface area contributed by atoms with Crippen molar-refractivity contribution in [3.63, 3.8) is 0 Å². The molecule has 2 aromatic rings. The van der Waals surface area contributed by atoms with Crippen molar-refractivity contribution in [3.05, 3.63) is 54.1 Å². The van der Waals surface area contributed by atoms with Crippen LogP contribution in [0.25, 0.3) is 0 Å². The number of carbonyl (C=O) groups excluding carboxylic acids is 1. The summed E-state index contributed by atoms with van der Waals surface area (Å²) in [5.74, 6) is 0.890. The lowest BCUT2D eigenvalue weighted by Crippen LogP contribution is -2.41. The number of piperidine rings is 1. The molecule has 29 heavy (non-hydrogen) atoms. The normalized spacial score (nSPS) is 20.7. The molecule has 7 heteroatoms. The van der Waals surface area contributed by atoms with E-state index in [0.29, 0.717) is 18.7 Å². The number of rotatable bonds is 3. The number of thioether (sulfide) groups is 1. The van der Waals surface area contributed by atoms with Crippen molar-refractivity contribution in [3.8, 4) is 0 Å². The summed E-state index contributed by atoms with van der Waals surface area (Å²) >= 11 is 1.77. The number of carbonyl (C=O) groups is 1. The molecule has 2 heterocycles. The molecule has 0 saturated carbocycles. The molecule has 154 valence electrons. The van der Waals surface area contributed by atoms with Crippen LogP contribution in [-0.2, 0) is 10.0 Å².